The van der Waals surface area contributed by atoms with Crippen molar-refractivity contribution in [1.82, 2.24) is 0 Å². The highest BCUT2D eigenvalue weighted by molar-refractivity contribution is 5.66. The van der Waals surface area contributed by atoms with Crippen molar-refractivity contribution >= 4 is 11.9 Å². The molecule has 4 aliphatic rings. The topological polar surface area (TPSA) is 161 Å². The molecule has 0 spiro atoms. The van der Waals surface area contributed by atoms with Crippen molar-refractivity contribution in [2.24, 2.45) is 35.0 Å². The molecule has 4 N–H and O–H groups in total. The van der Waals surface area contributed by atoms with Crippen LogP contribution in [0.4, 0.5) is 0 Å². The molecular weight excluding hydrogens is 620 g/mol. The summed E-state index contributed by atoms with van der Waals surface area (Å²) in [7, 11) is 1.68. The van der Waals surface area contributed by atoms with E-state index in [4.69, 9.17) is 23.7 Å². The SMILES string of the molecule is C=CC(C)(C)OC[C@H]1O[C@H](C[C@@H]2C3=C([C@H](C)COC(C)=O)C[C@H](O)[C@]3(C)/C=C3/[C@@H](COC)CC[C@H]3[C@@H](C)[C@H]2O)C(O)C(OC(C)=O)C1O. The summed E-state index contributed by atoms with van der Waals surface area (Å²) >= 11 is 0. The molecule has 272 valence electrons. The quantitative estimate of drug-likeness (QED) is 0.177. The van der Waals surface area contributed by atoms with Crippen LogP contribution in [0.25, 0.3) is 0 Å². The van der Waals surface area contributed by atoms with Gasteiger partial charge in [-0.1, -0.05) is 42.7 Å². The van der Waals surface area contributed by atoms with Crippen LogP contribution in [0.5, 0.6) is 0 Å². The second-order valence-electron chi connectivity index (χ2n) is 15.2. The van der Waals surface area contributed by atoms with Crippen molar-refractivity contribution in [2.75, 3.05) is 26.9 Å². The number of aliphatic hydroxyl groups is 4. The van der Waals surface area contributed by atoms with Gasteiger partial charge in [-0.25, -0.2) is 0 Å². The standard InChI is InChI=1S/C37H58O11/c1-10-36(6,7)46-18-29-34(43)35(47-22(5)39)33(42)28(48-29)13-26-31-25(19(2)16-45-21(4)38)14-30(40)37(31,8)15-27-23(17-44-9)11-12-24(27)20(3)32(26)41/h10,15,19-20,23-24,26,28-30,32-35,40-43H,1,11-14,16-18H2,2-9H3/b27-15-/t19-,20-,23-,24+,26-,28-,29-,30+,32-,33?,34?,35?,37+/m1/s1. The summed E-state index contributed by atoms with van der Waals surface area (Å²) in [5.41, 5.74) is 1.31. The maximum Gasteiger partial charge on any atom is 0.303 e. The summed E-state index contributed by atoms with van der Waals surface area (Å²) in [5, 5.41) is 47.1. The average molecular weight is 679 g/mol. The highest BCUT2D eigenvalue weighted by Crippen LogP contribution is 2.57. The first kappa shape index (κ1) is 38.7. The van der Waals surface area contributed by atoms with Gasteiger partial charge in [-0.15, -0.1) is 6.58 Å². The van der Waals surface area contributed by atoms with E-state index in [1.54, 1.807) is 13.2 Å². The zero-order valence-corrected chi connectivity index (χ0v) is 29.9. The highest BCUT2D eigenvalue weighted by Gasteiger charge is 2.55. The van der Waals surface area contributed by atoms with Crippen LogP contribution in [-0.2, 0) is 33.3 Å². The van der Waals surface area contributed by atoms with Gasteiger partial charge in [-0.05, 0) is 58.3 Å². The number of methoxy groups -OCH3 is 1. The van der Waals surface area contributed by atoms with Gasteiger partial charge >= 0.3 is 11.9 Å². The van der Waals surface area contributed by atoms with Crippen molar-refractivity contribution in [3.63, 3.8) is 0 Å². The Morgan fingerprint density at radius 3 is 2.35 bits per heavy atom. The highest BCUT2D eigenvalue weighted by atomic mass is 16.6. The zero-order chi connectivity index (χ0) is 35.7. The Bertz CT molecular complexity index is 1240. The van der Waals surface area contributed by atoms with E-state index in [0.717, 1.165) is 24.0 Å². The number of rotatable bonds is 12. The molecule has 0 radical (unpaired) electrons. The van der Waals surface area contributed by atoms with E-state index < -0.39 is 71.6 Å². The maximum absolute atomic E-state index is 12.4. The molecule has 1 heterocycles. The van der Waals surface area contributed by atoms with Crippen LogP contribution in [0.3, 0.4) is 0 Å². The lowest BCUT2D eigenvalue weighted by atomic mass is 9.63. The third kappa shape index (κ3) is 7.93. The lowest BCUT2D eigenvalue weighted by molar-refractivity contribution is -0.248. The van der Waals surface area contributed by atoms with Gasteiger partial charge in [0, 0.05) is 44.1 Å². The normalized spacial score (nSPS) is 40.2. The Morgan fingerprint density at radius 2 is 1.75 bits per heavy atom. The van der Waals surface area contributed by atoms with Crippen molar-refractivity contribution in [2.45, 2.75) is 122 Å². The summed E-state index contributed by atoms with van der Waals surface area (Å²) < 4.78 is 28.8. The molecule has 0 aromatic heterocycles. The molecule has 2 fully saturated rings. The van der Waals surface area contributed by atoms with Crippen LogP contribution < -0.4 is 0 Å². The van der Waals surface area contributed by atoms with E-state index in [2.05, 4.69) is 12.7 Å². The van der Waals surface area contributed by atoms with Gasteiger partial charge in [0.05, 0.1) is 43.7 Å². The van der Waals surface area contributed by atoms with Gasteiger partial charge in [0.15, 0.2) is 6.10 Å². The third-order valence-electron chi connectivity index (χ3n) is 11.4. The van der Waals surface area contributed by atoms with Gasteiger partial charge in [-0.3, -0.25) is 9.59 Å². The van der Waals surface area contributed by atoms with Crippen LogP contribution in [-0.4, -0.2) is 108 Å². The monoisotopic (exact) mass is 678 g/mol. The Balaban J connectivity index is 1.82. The summed E-state index contributed by atoms with van der Waals surface area (Å²) in [6.45, 7) is 16.6. The van der Waals surface area contributed by atoms with E-state index in [-0.39, 0.29) is 43.3 Å². The first-order valence-corrected chi connectivity index (χ1v) is 17.4. The fourth-order valence-electron chi connectivity index (χ4n) is 8.53. The minimum Gasteiger partial charge on any atom is -0.465 e. The fraction of sp³-hybridized carbons (Fsp3) is 0.784. The molecule has 0 bridgehead atoms. The number of aliphatic hydroxyl groups excluding tert-OH is 4. The van der Waals surface area contributed by atoms with E-state index in [1.165, 1.54) is 19.4 Å². The smallest absolute Gasteiger partial charge is 0.303 e. The largest absolute Gasteiger partial charge is 0.465 e. The van der Waals surface area contributed by atoms with Crippen molar-refractivity contribution < 1.29 is 53.7 Å². The minimum absolute atomic E-state index is 0.0610. The number of hydrogen-bond donors (Lipinski definition) is 4. The lowest BCUT2D eigenvalue weighted by Gasteiger charge is -2.47. The maximum atomic E-state index is 12.4. The average Bonchev–Trinajstić information content (AvgIpc) is 3.52. The van der Waals surface area contributed by atoms with Crippen LogP contribution in [0.15, 0.2) is 35.5 Å². The molecule has 3 unspecified atom stereocenters. The van der Waals surface area contributed by atoms with Gasteiger partial charge in [0.2, 0.25) is 0 Å². The number of fused-ring (bicyclic) bond motifs is 2. The second kappa shape index (κ2) is 15.4. The van der Waals surface area contributed by atoms with Gasteiger partial charge in [-0.2, -0.15) is 0 Å². The van der Waals surface area contributed by atoms with Gasteiger partial charge in [0.1, 0.15) is 18.3 Å². The number of ether oxygens (including phenoxy) is 5. The number of hydrogen-bond acceptors (Lipinski definition) is 11. The van der Waals surface area contributed by atoms with E-state index in [1.807, 2.05) is 34.6 Å². The summed E-state index contributed by atoms with van der Waals surface area (Å²) in [6.07, 6.45) is -1.69. The zero-order valence-electron chi connectivity index (χ0n) is 29.9. The number of carbonyl (C=O) groups is 2. The molecule has 3 aliphatic carbocycles. The molecule has 4 rings (SSSR count). The number of esters is 2. The van der Waals surface area contributed by atoms with E-state index in [0.29, 0.717) is 13.0 Å². The second-order valence-corrected chi connectivity index (χ2v) is 15.2. The molecule has 1 aliphatic heterocycles. The van der Waals surface area contributed by atoms with Gasteiger partial charge < -0.3 is 44.1 Å². The molecule has 48 heavy (non-hydrogen) atoms. The van der Waals surface area contributed by atoms with Crippen LogP contribution in [0.1, 0.15) is 74.1 Å². The first-order valence-electron chi connectivity index (χ1n) is 17.4. The summed E-state index contributed by atoms with van der Waals surface area (Å²) in [5.74, 6) is -1.89. The predicted molar refractivity (Wildman–Crippen MR) is 177 cm³/mol. The fourth-order valence-corrected chi connectivity index (χ4v) is 8.53. The molecule has 0 amide bonds. The lowest BCUT2D eigenvalue weighted by Crippen LogP contribution is -2.61. The molecule has 0 aromatic rings. The van der Waals surface area contributed by atoms with Crippen molar-refractivity contribution in [3.05, 3.63) is 35.5 Å². The predicted octanol–water partition coefficient (Wildman–Crippen LogP) is 3.27. The Morgan fingerprint density at radius 1 is 1.08 bits per heavy atom. The molecule has 1 saturated heterocycles. The van der Waals surface area contributed by atoms with Crippen molar-refractivity contribution in [3.8, 4) is 0 Å². The summed E-state index contributed by atoms with van der Waals surface area (Å²) in [4.78, 5) is 23.9. The van der Waals surface area contributed by atoms with E-state index >= 15 is 0 Å². The molecular formula is C37H58O11. The molecule has 11 nitrogen and oxygen atoms in total. The van der Waals surface area contributed by atoms with Crippen LogP contribution in [0.2, 0.25) is 0 Å². The van der Waals surface area contributed by atoms with Gasteiger partial charge in [0.25, 0.3) is 0 Å². The van der Waals surface area contributed by atoms with Crippen LogP contribution in [0, 0.1) is 35.0 Å². The molecule has 11 heteroatoms. The van der Waals surface area contributed by atoms with E-state index in [9.17, 15) is 30.0 Å². The Labute approximate surface area is 285 Å². The first-order chi connectivity index (χ1) is 22.4. The Hall–Kier alpha value is -2.12. The molecule has 1 saturated carbocycles. The van der Waals surface area contributed by atoms with Crippen molar-refractivity contribution in [1.29, 1.82) is 0 Å². The van der Waals surface area contributed by atoms with Crippen LogP contribution >= 0.6 is 0 Å². The Kier molecular flexibility index (Phi) is 12.4. The molecule has 13 atom stereocenters. The summed E-state index contributed by atoms with van der Waals surface area (Å²) in [6, 6.07) is 0. The minimum atomic E-state index is -1.41. The number of carbonyl (C=O) groups excluding carboxylic acids is 2. The molecule has 0 aromatic carbocycles. The third-order valence-corrected chi connectivity index (χ3v) is 11.4.